The van der Waals surface area contributed by atoms with Crippen molar-refractivity contribution in [2.24, 2.45) is 0 Å². The molecule has 0 N–H and O–H groups in total. The van der Waals surface area contributed by atoms with E-state index in [1.54, 1.807) is 0 Å². The average Bonchev–Trinajstić information content (AvgIpc) is 0. The maximum atomic E-state index is 0. The van der Waals surface area contributed by atoms with E-state index in [1.165, 1.54) is 0 Å². The summed E-state index contributed by atoms with van der Waals surface area (Å²) in [5.74, 6) is 0. The van der Waals surface area contributed by atoms with Gasteiger partial charge in [-0.1, -0.05) is 0 Å². The zero-order valence-corrected chi connectivity index (χ0v) is 4.90. The van der Waals surface area contributed by atoms with Crippen LogP contribution in [0.4, 0.5) is 0 Å². The van der Waals surface area contributed by atoms with Gasteiger partial charge in [0, 0.05) is 0 Å². The third kappa shape index (κ3) is 27.0. The van der Waals surface area contributed by atoms with Crippen LogP contribution in [0.15, 0.2) is 0 Å². The van der Waals surface area contributed by atoms with Crippen LogP contribution in [0.3, 0.4) is 0 Å². The second-order valence-corrected chi connectivity index (χ2v) is 0. The van der Waals surface area contributed by atoms with Gasteiger partial charge in [0.25, 0.3) is 0 Å². The summed E-state index contributed by atoms with van der Waals surface area (Å²) in [6.45, 7) is 0. The predicted octanol–water partition coefficient (Wildman–Crippen LogP) is 0.236. The van der Waals surface area contributed by atoms with Gasteiger partial charge < -0.3 is 0 Å². The van der Waals surface area contributed by atoms with E-state index in [2.05, 4.69) is 0 Å². The van der Waals surface area contributed by atoms with Crippen LogP contribution in [0.2, 0.25) is 0 Å². The Bertz CT molecular complexity index is 3.61. The zero-order valence-electron chi connectivity index (χ0n) is 1.63. The molecule has 5 heteroatoms. The van der Waals surface area contributed by atoms with E-state index >= 15 is 0 Å². The summed E-state index contributed by atoms with van der Waals surface area (Å²) in [5, 5.41) is 0. The van der Waals surface area contributed by atoms with Crippen molar-refractivity contribution < 1.29 is 0 Å². The van der Waals surface area contributed by atoms with Gasteiger partial charge in [0.15, 0.2) is 0 Å². The Morgan fingerprint density at radius 3 is 0.400 bits per heavy atom. The molecule has 0 spiro atoms. The van der Waals surface area contributed by atoms with Crippen LogP contribution in [0.25, 0.3) is 0 Å². The van der Waals surface area contributed by atoms with Crippen LogP contribution in [0, 0.1) is 0 Å². The summed E-state index contributed by atoms with van der Waals surface area (Å²) in [6, 6.07) is 0. The van der Waals surface area contributed by atoms with Gasteiger partial charge in [0.05, 0.1) is 0 Å². The molecule has 0 aliphatic heterocycles. The Hall–Kier alpha value is 1.70. The summed E-state index contributed by atoms with van der Waals surface area (Å²) < 4.78 is 0. The molecule has 0 heterocycles. The molecule has 0 saturated carbocycles. The SMILES string of the molecule is Cl.Cl.Cl.Cl.[GeH4]. The van der Waals surface area contributed by atoms with Crippen LogP contribution in [0.1, 0.15) is 0 Å². The molecule has 0 aromatic heterocycles. The number of rotatable bonds is 0. The van der Waals surface area contributed by atoms with Crippen molar-refractivity contribution in [2.45, 2.75) is 0 Å². The predicted molar refractivity (Wildman–Crippen MR) is 40.3 cm³/mol. The molecule has 40 valence electrons. The Balaban J connectivity index is 0. The molecular weight excluding hydrogens is 214 g/mol. The van der Waals surface area contributed by atoms with Gasteiger partial charge in [-0.3, -0.25) is 0 Å². The molecule has 0 bridgehead atoms. The average molecular weight is 222 g/mol. The molecule has 0 aromatic rings. The monoisotopic (exact) mass is 222 g/mol. The number of hydrogen-bond acceptors (Lipinski definition) is 0. The molecule has 0 atom stereocenters. The Morgan fingerprint density at radius 1 is 0.400 bits per heavy atom. The minimum absolute atomic E-state index is 0. The Labute approximate surface area is 67.1 Å². The minimum atomic E-state index is 0. The first-order valence-electron chi connectivity index (χ1n) is 0. The van der Waals surface area contributed by atoms with Gasteiger partial charge in [0.2, 0.25) is 0 Å². The van der Waals surface area contributed by atoms with Gasteiger partial charge in [-0.15, -0.1) is 49.6 Å². The van der Waals surface area contributed by atoms with Crippen molar-refractivity contribution in [1.29, 1.82) is 0 Å². The van der Waals surface area contributed by atoms with Crippen molar-refractivity contribution in [1.82, 2.24) is 0 Å². The third-order valence-electron chi connectivity index (χ3n) is 0. The second-order valence-electron chi connectivity index (χ2n) is 0. The molecule has 0 nitrogen and oxygen atoms in total. The van der Waals surface area contributed by atoms with E-state index < -0.39 is 0 Å². The molecule has 5 heavy (non-hydrogen) atoms. The first kappa shape index (κ1) is 75.2. The van der Waals surface area contributed by atoms with Crippen molar-refractivity contribution in [3.63, 3.8) is 0 Å². The number of halogens is 4. The fourth-order valence-electron chi connectivity index (χ4n) is 0. The van der Waals surface area contributed by atoms with Crippen molar-refractivity contribution in [3.05, 3.63) is 0 Å². The van der Waals surface area contributed by atoms with Crippen LogP contribution < -0.4 is 0 Å². The third-order valence-corrected chi connectivity index (χ3v) is 0. The van der Waals surface area contributed by atoms with Gasteiger partial charge >= 0.3 is 17.6 Å². The molecule has 0 unspecified atom stereocenters. The molecule has 0 aliphatic carbocycles. The number of hydrogen-bond donors (Lipinski definition) is 0. The quantitative estimate of drug-likeness (QED) is 0.515. The molecule has 0 amide bonds. The van der Waals surface area contributed by atoms with Crippen LogP contribution in [-0.4, -0.2) is 17.6 Å². The van der Waals surface area contributed by atoms with Crippen LogP contribution >= 0.6 is 49.6 Å². The fourth-order valence-corrected chi connectivity index (χ4v) is 0. The molecule has 0 radical (unpaired) electrons. The molecular formula is H8Cl4Ge. The Morgan fingerprint density at radius 2 is 0.400 bits per heavy atom. The van der Waals surface area contributed by atoms with Gasteiger partial charge in [0.1, 0.15) is 0 Å². The van der Waals surface area contributed by atoms with Gasteiger partial charge in [-0.25, -0.2) is 0 Å². The standard InChI is InChI=1S/4ClH.GeH4/h4*1H;1H4. The molecule has 0 saturated heterocycles. The van der Waals surface area contributed by atoms with Crippen LogP contribution in [-0.2, 0) is 0 Å². The zero-order chi connectivity index (χ0) is 0. The summed E-state index contributed by atoms with van der Waals surface area (Å²) in [7, 11) is 0. The first-order valence-corrected chi connectivity index (χ1v) is 0. The van der Waals surface area contributed by atoms with E-state index in [4.69, 9.17) is 0 Å². The van der Waals surface area contributed by atoms with Crippen molar-refractivity contribution in [2.75, 3.05) is 0 Å². The topological polar surface area (TPSA) is 0 Å². The maximum absolute atomic E-state index is 0. The summed E-state index contributed by atoms with van der Waals surface area (Å²) in [4.78, 5) is 0. The molecule has 0 fully saturated rings. The summed E-state index contributed by atoms with van der Waals surface area (Å²) >= 11 is 0. The Kier molecular flexibility index (Phi) is 654. The summed E-state index contributed by atoms with van der Waals surface area (Å²) in [5.41, 5.74) is 0. The molecule has 0 rings (SSSR count). The van der Waals surface area contributed by atoms with E-state index in [0.29, 0.717) is 0 Å². The van der Waals surface area contributed by atoms with E-state index in [1.807, 2.05) is 0 Å². The first-order chi connectivity index (χ1) is 0. The second kappa shape index (κ2) is 43.5. The van der Waals surface area contributed by atoms with Crippen LogP contribution in [0.5, 0.6) is 0 Å². The fraction of sp³-hybridized carbons (Fsp3) is 0. The van der Waals surface area contributed by atoms with Gasteiger partial charge in [-0.2, -0.15) is 0 Å². The van der Waals surface area contributed by atoms with E-state index in [9.17, 15) is 0 Å². The summed E-state index contributed by atoms with van der Waals surface area (Å²) in [6.07, 6.45) is 0. The normalized spacial score (nSPS) is 0. The van der Waals surface area contributed by atoms with Crippen molar-refractivity contribution >= 4 is 67.2 Å². The van der Waals surface area contributed by atoms with E-state index in [0.717, 1.165) is 0 Å². The molecule has 0 aromatic carbocycles. The van der Waals surface area contributed by atoms with E-state index in [-0.39, 0.29) is 67.2 Å². The molecule has 0 aliphatic rings. The van der Waals surface area contributed by atoms with Crippen molar-refractivity contribution in [3.8, 4) is 0 Å². The van der Waals surface area contributed by atoms with Gasteiger partial charge in [-0.05, 0) is 0 Å².